The molecule has 3 rings (SSSR count). The van der Waals surface area contributed by atoms with Crippen LogP contribution >= 0.6 is 0 Å². The van der Waals surface area contributed by atoms with Gasteiger partial charge >= 0.3 is 0 Å². The van der Waals surface area contributed by atoms with Crippen LogP contribution in [0.1, 0.15) is 12.0 Å². The predicted molar refractivity (Wildman–Crippen MR) is 70.4 cm³/mol. The number of aliphatic hydroxyl groups excluding tert-OH is 1. The minimum absolute atomic E-state index is 0.207. The highest BCUT2D eigenvalue weighted by atomic mass is 19.1. The largest absolute Gasteiger partial charge is 0.393 e. The molecule has 0 aliphatic carbocycles. The lowest BCUT2D eigenvalue weighted by molar-refractivity contribution is -0.0923. The van der Waals surface area contributed by atoms with Crippen molar-refractivity contribution in [2.24, 2.45) is 5.92 Å². The Kier molecular flexibility index (Phi) is 3.82. The summed E-state index contributed by atoms with van der Waals surface area (Å²) in [6.45, 7) is 3.50. The van der Waals surface area contributed by atoms with E-state index in [1.807, 2.05) is 12.1 Å². The SMILES string of the molecule is O[C@H]1CCN(C2COC2)C[C@H]1Cc1ccc(F)cc1. The molecule has 0 saturated carbocycles. The molecule has 4 heteroatoms. The van der Waals surface area contributed by atoms with Crippen LogP contribution in [0.4, 0.5) is 4.39 Å². The van der Waals surface area contributed by atoms with Gasteiger partial charge in [0, 0.05) is 19.0 Å². The van der Waals surface area contributed by atoms with Crippen molar-refractivity contribution in [1.29, 1.82) is 0 Å². The van der Waals surface area contributed by atoms with Crippen LogP contribution in [0.2, 0.25) is 0 Å². The van der Waals surface area contributed by atoms with Crippen molar-refractivity contribution < 1.29 is 14.2 Å². The van der Waals surface area contributed by atoms with Crippen LogP contribution in [0, 0.1) is 11.7 Å². The lowest BCUT2D eigenvalue weighted by Gasteiger charge is -2.43. The van der Waals surface area contributed by atoms with Gasteiger partial charge in [-0.05, 0) is 30.5 Å². The Labute approximate surface area is 113 Å². The Balaban J connectivity index is 1.62. The topological polar surface area (TPSA) is 32.7 Å². The second-order valence-corrected chi connectivity index (χ2v) is 5.63. The average Bonchev–Trinajstić information content (AvgIpc) is 2.34. The zero-order valence-corrected chi connectivity index (χ0v) is 11.0. The van der Waals surface area contributed by atoms with Gasteiger partial charge in [0.1, 0.15) is 5.82 Å². The number of hydrogen-bond acceptors (Lipinski definition) is 3. The molecule has 2 heterocycles. The first-order valence-corrected chi connectivity index (χ1v) is 6.96. The highest BCUT2D eigenvalue weighted by molar-refractivity contribution is 5.17. The second kappa shape index (κ2) is 5.57. The van der Waals surface area contributed by atoms with E-state index in [1.54, 1.807) is 0 Å². The number of benzene rings is 1. The standard InChI is InChI=1S/C15H20FNO2/c16-13-3-1-11(2-4-13)7-12-8-17(6-5-15(12)18)14-9-19-10-14/h1-4,12,14-15,18H,5-10H2/t12-,15+/m1/s1. The van der Waals surface area contributed by atoms with E-state index in [2.05, 4.69) is 4.90 Å². The molecule has 2 saturated heterocycles. The maximum absolute atomic E-state index is 12.9. The number of rotatable bonds is 3. The summed E-state index contributed by atoms with van der Waals surface area (Å²) in [5.74, 6) is 0.0287. The highest BCUT2D eigenvalue weighted by Gasteiger charge is 2.34. The number of halogens is 1. The summed E-state index contributed by atoms with van der Waals surface area (Å²) < 4.78 is 18.1. The van der Waals surface area contributed by atoms with Crippen molar-refractivity contribution in [2.75, 3.05) is 26.3 Å². The van der Waals surface area contributed by atoms with E-state index in [4.69, 9.17) is 4.74 Å². The van der Waals surface area contributed by atoms with Gasteiger partial charge in [0.15, 0.2) is 0 Å². The zero-order chi connectivity index (χ0) is 13.2. The molecule has 0 aromatic heterocycles. The fourth-order valence-corrected chi connectivity index (χ4v) is 2.94. The minimum Gasteiger partial charge on any atom is -0.393 e. The molecular formula is C15H20FNO2. The number of hydrogen-bond donors (Lipinski definition) is 1. The summed E-state index contributed by atoms with van der Waals surface area (Å²) in [5, 5.41) is 10.1. The first kappa shape index (κ1) is 13.0. The summed E-state index contributed by atoms with van der Waals surface area (Å²) in [6.07, 6.45) is 1.38. The third-order valence-electron chi connectivity index (χ3n) is 4.27. The van der Waals surface area contributed by atoms with E-state index in [9.17, 15) is 9.50 Å². The molecule has 0 spiro atoms. The molecule has 104 valence electrons. The molecule has 1 aromatic rings. The van der Waals surface area contributed by atoms with Crippen LogP contribution in [0.3, 0.4) is 0 Å². The number of piperidine rings is 1. The van der Waals surface area contributed by atoms with Gasteiger partial charge in [-0.25, -0.2) is 4.39 Å². The molecule has 3 nitrogen and oxygen atoms in total. The first-order valence-electron chi connectivity index (χ1n) is 6.96. The molecule has 0 amide bonds. The van der Waals surface area contributed by atoms with Gasteiger partial charge < -0.3 is 9.84 Å². The van der Waals surface area contributed by atoms with Crippen LogP contribution in [0.5, 0.6) is 0 Å². The second-order valence-electron chi connectivity index (χ2n) is 5.63. The van der Waals surface area contributed by atoms with E-state index < -0.39 is 0 Å². The average molecular weight is 265 g/mol. The van der Waals surface area contributed by atoms with Gasteiger partial charge in [0.2, 0.25) is 0 Å². The first-order chi connectivity index (χ1) is 9.22. The Morgan fingerprint density at radius 1 is 1.26 bits per heavy atom. The van der Waals surface area contributed by atoms with Crippen LogP contribution in [-0.2, 0) is 11.2 Å². The Bertz CT molecular complexity index is 419. The molecule has 1 aromatic carbocycles. The molecule has 0 radical (unpaired) electrons. The van der Waals surface area contributed by atoms with Crippen LogP contribution in [0.25, 0.3) is 0 Å². The Morgan fingerprint density at radius 2 is 2.00 bits per heavy atom. The molecule has 0 bridgehead atoms. The predicted octanol–water partition coefficient (Wildman–Crippen LogP) is 1.45. The van der Waals surface area contributed by atoms with E-state index in [1.165, 1.54) is 12.1 Å². The number of nitrogens with zero attached hydrogens (tertiary/aromatic N) is 1. The normalized spacial score (nSPS) is 29.2. The van der Waals surface area contributed by atoms with Crippen molar-refractivity contribution in [1.82, 2.24) is 4.90 Å². The number of ether oxygens (including phenoxy) is 1. The fourth-order valence-electron chi connectivity index (χ4n) is 2.94. The molecule has 2 fully saturated rings. The molecule has 1 N–H and O–H groups in total. The van der Waals surface area contributed by atoms with E-state index in [0.717, 1.165) is 44.7 Å². The molecular weight excluding hydrogens is 245 g/mol. The van der Waals surface area contributed by atoms with E-state index in [-0.39, 0.29) is 17.8 Å². The van der Waals surface area contributed by atoms with Crippen LogP contribution < -0.4 is 0 Å². The molecule has 2 atom stereocenters. The quantitative estimate of drug-likeness (QED) is 0.898. The monoisotopic (exact) mass is 265 g/mol. The number of aliphatic hydroxyl groups is 1. The summed E-state index contributed by atoms with van der Waals surface area (Å²) in [6, 6.07) is 7.13. The summed E-state index contributed by atoms with van der Waals surface area (Å²) in [5.41, 5.74) is 1.09. The lowest BCUT2D eigenvalue weighted by atomic mass is 9.88. The zero-order valence-electron chi connectivity index (χ0n) is 11.0. The summed E-state index contributed by atoms with van der Waals surface area (Å²) in [7, 11) is 0. The van der Waals surface area contributed by atoms with Crippen molar-refractivity contribution in [3.8, 4) is 0 Å². The third kappa shape index (κ3) is 2.96. The van der Waals surface area contributed by atoms with Gasteiger partial charge in [-0.15, -0.1) is 0 Å². The highest BCUT2D eigenvalue weighted by Crippen LogP contribution is 2.25. The number of likely N-dealkylation sites (tertiary alicyclic amines) is 1. The van der Waals surface area contributed by atoms with Gasteiger partial charge in [0.05, 0.1) is 25.4 Å². The molecule has 0 unspecified atom stereocenters. The maximum atomic E-state index is 12.9. The van der Waals surface area contributed by atoms with Crippen LogP contribution in [-0.4, -0.2) is 48.5 Å². The van der Waals surface area contributed by atoms with Gasteiger partial charge in [-0.3, -0.25) is 4.90 Å². The van der Waals surface area contributed by atoms with Gasteiger partial charge in [0.25, 0.3) is 0 Å². The maximum Gasteiger partial charge on any atom is 0.123 e. The Morgan fingerprint density at radius 3 is 2.63 bits per heavy atom. The Hall–Kier alpha value is -0.970. The lowest BCUT2D eigenvalue weighted by Crippen LogP contribution is -2.55. The van der Waals surface area contributed by atoms with E-state index >= 15 is 0 Å². The van der Waals surface area contributed by atoms with Crippen molar-refractivity contribution in [3.05, 3.63) is 35.6 Å². The molecule has 2 aliphatic heterocycles. The summed E-state index contributed by atoms with van der Waals surface area (Å²) in [4.78, 5) is 2.42. The molecule has 19 heavy (non-hydrogen) atoms. The summed E-state index contributed by atoms with van der Waals surface area (Å²) >= 11 is 0. The van der Waals surface area contributed by atoms with Gasteiger partial charge in [-0.2, -0.15) is 0 Å². The van der Waals surface area contributed by atoms with Crippen LogP contribution in [0.15, 0.2) is 24.3 Å². The molecule has 2 aliphatic rings. The van der Waals surface area contributed by atoms with Crippen molar-refractivity contribution in [3.63, 3.8) is 0 Å². The smallest absolute Gasteiger partial charge is 0.123 e. The third-order valence-corrected chi connectivity index (χ3v) is 4.27. The van der Waals surface area contributed by atoms with Crippen molar-refractivity contribution >= 4 is 0 Å². The fraction of sp³-hybridized carbons (Fsp3) is 0.600. The van der Waals surface area contributed by atoms with Gasteiger partial charge in [-0.1, -0.05) is 12.1 Å². The van der Waals surface area contributed by atoms with Crippen molar-refractivity contribution in [2.45, 2.75) is 25.0 Å². The minimum atomic E-state index is -0.248. The van der Waals surface area contributed by atoms with E-state index in [0.29, 0.717) is 6.04 Å².